The molecule has 0 fully saturated rings. The molecule has 16 heavy (non-hydrogen) atoms. The van der Waals surface area contributed by atoms with Crippen molar-refractivity contribution in [2.45, 2.75) is 13.1 Å². The molecule has 2 rings (SSSR count). The molecule has 0 aliphatic heterocycles. The molecule has 0 radical (unpaired) electrons. The zero-order valence-electron chi connectivity index (χ0n) is 9.15. The van der Waals surface area contributed by atoms with Gasteiger partial charge in [0.1, 0.15) is 5.82 Å². The molecule has 1 aromatic heterocycles. The molecule has 0 aliphatic carbocycles. The van der Waals surface area contributed by atoms with E-state index in [0.29, 0.717) is 12.1 Å². The Morgan fingerprint density at radius 2 is 2.31 bits per heavy atom. The second-order valence-corrected chi connectivity index (χ2v) is 3.66. The van der Waals surface area contributed by atoms with Crippen molar-refractivity contribution < 1.29 is 4.39 Å². The summed E-state index contributed by atoms with van der Waals surface area (Å²) in [6, 6.07) is 6.99. The lowest BCUT2D eigenvalue weighted by Gasteiger charge is -2.06. The predicted octanol–water partition coefficient (Wildman–Crippen LogP) is 1.79. The maximum Gasteiger partial charge on any atom is 0.128 e. The number of halogens is 1. The van der Waals surface area contributed by atoms with Crippen molar-refractivity contribution in [1.29, 1.82) is 0 Å². The second kappa shape index (κ2) is 4.90. The molecule has 4 heteroatoms. The molecular weight excluding hydrogens is 205 g/mol. The first-order valence-electron chi connectivity index (χ1n) is 5.19. The molecule has 1 heterocycles. The van der Waals surface area contributed by atoms with Crippen LogP contribution in [0.5, 0.6) is 0 Å². The van der Waals surface area contributed by atoms with E-state index in [2.05, 4.69) is 10.4 Å². The minimum absolute atomic E-state index is 0.185. The number of nitrogens with one attached hydrogen (secondary N) is 1. The minimum Gasteiger partial charge on any atom is -0.316 e. The maximum atomic E-state index is 13.5. The van der Waals surface area contributed by atoms with E-state index in [1.165, 1.54) is 6.07 Å². The minimum atomic E-state index is -0.185. The third-order valence-corrected chi connectivity index (χ3v) is 2.38. The maximum absolute atomic E-state index is 13.5. The highest BCUT2D eigenvalue weighted by atomic mass is 19.1. The Bertz CT molecular complexity index is 451. The summed E-state index contributed by atoms with van der Waals surface area (Å²) >= 11 is 0. The van der Waals surface area contributed by atoms with Crippen LogP contribution in [0.15, 0.2) is 36.7 Å². The molecule has 3 nitrogen and oxygen atoms in total. The van der Waals surface area contributed by atoms with Gasteiger partial charge in [0.15, 0.2) is 0 Å². The summed E-state index contributed by atoms with van der Waals surface area (Å²) in [6.07, 6.45) is 3.51. The Hall–Kier alpha value is -1.68. The van der Waals surface area contributed by atoms with Gasteiger partial charge in [-0.25, -0.2) is 4.39 Å². The van der Waals surface area contributed by atoms with Crippen molar-refractivity contribution in [2.75, 3.05) is 7.05 Å². The molecule has 1 N–H and O–H groups in total. The van der Waals surface area contributed by atoms with Gasteiger partial charge in [-0.15, -0.1) is 0 Å². The van der Waals surface area contributed by atoms with Gasteiger partial charge in [0.25, 0.3) is 0 Å². The highest BCUT2D eigenvalue weighted by Gasteiger charge is 2.04. The zero-order valence-corrected chi connectivity index (χ0v) is 9.15. The van der Waals surface area contributed by atoms with Crippen LogP contribution in [0, 0.1) is 5.82 Å². The normalized spacial score (nSPS) is 10.6. The van der Waals surface area contributed by atoms with Gasteiger partial charge < -0.3 is 5.32 Å². The fourth-order valence-electron chi connectivity index (χ4n) is 1.63. The molecule has 0 aliphatic rings. The number of hydrogen-bond acceptors (Lipinski definition) is 2. The van der Waals surface area contributed by atoms with Gasteiger partial charge in [-0.3, -0.25) is 4.68 Å². The summed E-state index contributed by atoms with van der Waals surface area (Å²) in [5.74, 6) is -0.185. The monoisotopic (exact) mass is 219 g/mol. The fraction of sp³-hybridized carbons (Fsp3) is 0.250. The van der Waals surface area contributed by atoms with Crippen LogP contribution in [0.4, 0.5) is 4.39 Å². The van der Waals surface area contributed by atoms with Crippen LogP contribution in [-0.4, -0.2) is 16.8 Å². The van der Waals surface area contributed by atoms with Gasteiger partial charge in [-0.2, -0.15) is 5.10 Å². The summed E-state index contributed by atoms with van der Waals surface area (Å²) in [5, 5.41) is 7.11. The Morgan fingerprint density at radius 3 is 3.00 bits per heavy atom. The van der Waals surface area contributed by atoms with Crippen LogP contribution in [0.3, 0.4) is 0 Å². The molecule has 0 amide bonds. The second-order valence-electron chi connectivity index (χ2n) is 3.66. The number of hydrogen-bond donors (Lipinski definition) is 1. The quantitative estimate of drug-likeness (QED) is 0.849. The standard InChI is InChI=1S/C12H14FN3/c1-14-8-10-3-4-12(13)11(7-10)9-16-6-2-5-15-16/h2-7,14H,8-9H2,1H3. The molecular formula is C12H14FN3. The van der Waals surface area contributed by atoms with E-state index in [4.69, 9.17) is 0 Å². The van der Waals surface area contributed by atoms with Gasteiger partial charge in [-0.1, -0.05) is 6.07 Å². The van der Waals surface area contributed by atoms with Gasteiger partial charge >= 0.3 is 0 Å². The molecule has 0 unspecified atom stereocenters. The first kappa shape index (κ1) is 10.8. The average molecular weight is 219 g/mol. The molecule has 0 saturated carbocycles. The molecule has 0 spiro atoms. The third kappa shape index (κ3) is 2.46. The zero-order chi connectivity index (χ0) is 11.4. The van der Waals surface area contributed by atoms with Crippen molar-refractivity contribution in [3.63, 3.8) is 0 Å². The van der Waals surface area contributed by atoms with Crippen molar-refractivity contribution >= 4 is 0 Å². The first-order valence-corrected chi connectivity index (χ1v) is 5.19. The van der Waals surface area contributed by atoms with Crippen molar-refractivity contribution in [3.05, 3.63) is 53.6 Å². The lowest BCUT2D eigenvalue weighted by atomic mass is 10.1. The molecule has 84 valence electrons. The molecule has 2 aromatic rings. The molecule has 1 aromatic carbocycles. The lowest BCUT2D eigenvalue weighted by Crippen LogP contribution is -2.07. The van der Waals surface area contributed by atoms with E-state index in [9.17, 15) is 4.39 Å². The molecule has 0 atom stereocenters. The number of aromatic nitrogens is 2. The van der Waals surface area contributed by atoms with Crippen LogP contribution in [0.25, 0.3) is 0 Å². The Morgan fingerprint density at radius 1 is 1.44 bits per heavy atom. The smallest absolute Gasteiger partial charge is 0.128 e. The SMILES string of the molecule is CNCc1ccc(F)c(Cn2cccn2)c1. The predicted molar refractivity (Wildman–Crippen MR) is 60.5 cm³/mol. The lowest BCUT2D eigenvalue weighted by molar-refractivity contribution is 0.583. The summed E-state index contributed by atoms with van der Waals surface area (Å²) < 4.78 is 15.3. The van der Waals surface area contributed by atoms with Gasteiger partial charge in [-0.05, 0) is 30.8 Å². The van der Waals surface area contributed by atoms with Crippen molar-refractivity contribution in [1.82, 2.24) is 15.1 Å². The Kier molecular flexibility index (Phi) is 3.31. The first-order chi connectivity index (χ1) is 7.79. The van der Waals surface area contributed by atoms with Crippen LogP contribution >= 0.6 is 0 Å². The number of benzene rings is 1. The molecule has 0 bridgehead atoms. The molecule has 0 saturated heterocycles. The summed E-state index contributed by atoms with van der Waals surface area (Å²) in [4.78, 5) is 0. The third-order valence-electron chi connectivity index (χ3n) is 2.38. The topological polar surface area (TPSA) is 29.9 Å². The van der Waals surface area contributed by atoms with E-state index in [0.717, 1.165) is 12.1 Å². The van der Waals surface area contributed by atoms with Crippen LogP contribution < -0.4 is 5.32 Å². The summed E-state index contributed by atoms with van der Waals surface area (Å²) in [5.41, 5.74) is 1.74. The highest BCUT2D eigenvalue weighted by molar-refractivity contribution is 5.25. The van der Waals surface area contributed by atoms with Crippen LogP contribution in [0.2, 0.25) is 0 Å². The highest BCUT2D eigenvalue weighted by Crippen LogP contribution is 2.11. The van der Waals surface area contributed by atoms with Gasteiger partial charge in [0.2, 0.25) is 0 Å². The van der Waals surface area contributed by atoms with Gasteiger partial charge in [0, 0.05) is 24.5 Å². The van der Waals surface area contributed by atoms with E-state index in [1.54, 1.807) is 16.9 Å². The van der Waals surface area contributed by atoms with Crippen molar-refractivity contribution in [3.8, 4) is 0 Å². The van der Waals surface area contributed by atoms with Crippen LogP contribution in [-0.2, 0) is 13.1 Å². The van der Waals surface area contributed by atoms with E-state index >= 15 is 0 Å². The van der Waals surface area contributed by atoms with Gasteiger partial charge in [0.05, 0.1) is 6.54 Å². The Labute approximate surface area is 93.9 Å². The van der Waals surface area contributed by atoms with Crippen LogP contribution in [0.1, 0.15) is 11.1 Å². The number of rotatable bonds is 4. The number of nitrogens with zero attached hydrogens (tertiary/aromatic N) is 2. The van der Waals surface area contributed by atoms with E-state index < -0.39 is 0 Å². The fourth-order valence-corrected chi connectivity index (χ4v) is 1.63. The summed E-state index contributed by atoms with van der Waals surface area (Å²) in [7, 11) is 1.87. The summed E-state index contributed by atoms with van der Waals surface area (Å²) in [6.45, 7) is 1.21. The largest absolute Gasteiger partial charge is 0.316 e. The average Bonchev–Trinajstić information content (AvgIpc) is 2.76. The Balaban J connectivity index is 2.21. The van der Waals surface area contributed by atoms with E-state index in [-0.39, 0.29) is 5.82 Å². The van der Waals surface area contributed by atoms with Crippen molar-refractivity contribution in [2.24, 2.45) is 0 Å². The van der Waals surface area contributed by atoms with E-state index in [1.807, 2.05) is 25.4 Å².